The molecule has 0 unspecified atom stereocenters. The first-order valence-corrected chi connectivity index (χ1v) is 9.06. The van der Waals surface area contributed by atoms with Gasteiger partial charge in [-0.25, -0.2) is 0 Å². The van der Waals surface area contributed by atoms with Crippen molar-refractivity contribution in [1.82, 2.24) is 4.90 Å². The van der Waals surface area contributed by atoms with Gasteiger partial charge in [0.2, 0.25) is 0 Å². The minimum atomic E-state index is -0.479. The Morgan fingerprint density at radius 1 is 1.09 bits per heavy atom. The second-order valence-electron chi connectivity index (χ2n) is 5.78. The van der Waals surface area contributed by atoms with Gasteiger partial charge in [-0.3, -0.25) is 4.79 Å². The number of aliphatic hydroxyl groups excluding tert-OH is 1. The van der Waals surface area contributed by atoms with Gasteiger partial charge in [0.05, 0.1) is 6.10 Å². The standard InChI is InChI=1S/C19H21NO2S/c1-14(21)17-3-2-4-18(13-17)15-5-7-16(8-6-15)19(22)20-9-11-23-12-10-20/h2-8,13-14,21H,9-12H2,1H3/t14-/m1/s1. The van der Waals surface area contributed by atoms with Crippen LogP contribution in [-0.4, -0.2) is 40.5 Å². The molecule has 3 rings (SSSR count). The molecule has 1 N–H and O–H groups in total. The van der Waals surface area contributed by atoms with Crippen LogP contribution in [0, 0.1) is 0 Å². The number of carbonyl (C=O) groups is 1. The van der Waals surface area contributed by atoms with Gasteiger partial charge in [-0.15, -0.1) is 0 Å². The number of thioether (sulfide) groups is 1. The lowest BCUT2D eigenvalue weighted by atomic mass is 10.00. The van der Waals surface area contributed by atoms with E-state index in [4.69, 9.17) is 0 Å². The fraction of sp³-hybridized carbons (Fsp3) is 0.316. The number of benzene rings is 2. The van der Waals surface area contributed by atoms with Crippen LogP contribution in [0.3, 0.4) is 0 Å². The molecule has 120 valence electrons. The SMILES string of the molecule is C[C@@H](O)c1cccc(-c2ccc(C(=O)N3CCSCC3)cc2)c1. The first-order valence-electron chi connectivity index (χ1n) is 7.90. The zero-order valence-corrected chi connectivity index (χ0v) is 14.1. The normalized spacial score (nSPS) is 16.2. The van der Waals surface area contributed by atoms with E-state index in [-0.39, 0.29) is 5.91 Å². The molecular weight excluding hydrogens is 306 g/mol. The van der Waals surface area contributed by atoms with E-state index >= 15 is 0 Å². The lowest BCUT2D eigenvalue weighted by Gasteiger charge is -2.26. The summed E-state index contributed by atoms with van der Waals surface area (Å²) in [6.45, 7) is 3.43. The van der Waals surface area contributed by atoms with Gasteiger partial charge in [-0.1, -0.05) is 30.3 Å². The predicted octanol–water partition coefficient (Wildman–Crippen LogP) is 3.60. The molecule has 1 amide bonds. The Kier molecular flexibility index (Phi) is 5.03. The van der Waals surface area contributed by atoms with Crippen LogP contribution in [0.5, 0.6) is 0 Å². The van der Waals surface area contributed by atoms with Gasteiger partial charge in [0.15, 0.2) is 0 Å². The van der Waals surface area contributed by atoms with Crippen molar-refractivity contribution in [3.05, 3.63) is 59.7 Å². The minimum Gasteiger partial charge on any atom is -0.389 e. The summed E-state index contributed by atoms with van der Waals surface area (Å²) in [6, 6.07) is 15.6. The largest absolute Gasteiger partial charge is 0.389 e. The van der Waals surface area contributed by atoms with Crippen molar-refractivity contribution in [1.29, 1.82) is 0 Å². The molecule has 0 radical (unpaired) electrons. The summed E-state index contributed by atoms with van der Waals surface area (Å²) >= 11 is 1.90. The van der Waals surface area contributed by atoms with Crippen LogP contribution < -0.4 is 0 Å². The molecule has 23 heavy (non-hydrogen) atoms. The molecule has 1 atom stereocenters. The lowest BCUT2D eigenvalue weighted by Crippen LogP contribution is -2.37. The van der Waals surface area contributed by atoms with Crippen molar-refractivity contribution in [3.63, 3.8) is 0 Å². The third kappa shape index (κ3) is 3.77. The Balaban J connectivity index is 1.79. The smallest absolute Gasteiger partial charge is 0.253 e. The Bertz CT molecular complexity index is 676. The maximum Gasteiger partial charge on any atom is 0.253 e. The average Bonchev–Trinajstić information content (AvgIpc) is 2.62. The van der Waals surface area contributed by atoms with Crippen LogP contribution in [-0.2, 0) is 0 Å². The molecule has 2 aromatic carbocycles. The summed E-state index contributed by atoms with van der Waals surface area (Å²) in [4.78, 5) is 14.4. The van der Waals surface area contributed by atoms with E-state index in [9.17, 15) is 9.90 Å². The molecule has 2 aromatic rings. The monoisotopic (exact) mass is 327 g/mol. The van der Waals surface area contributed by atoms with E-state index in [1.165, 1.54) is 0 Å². The van der Waals surface area contributed by atoms with Gasteiger partial charge in [0, 0.05) is 30.2 Å². The molecule has 0 aromatic heterocycles. The zero-order valence-electron chi connectivity index (χ0n) is 13.2. The molecule has 4 heteroatoms. The molecule has 0 aliphatic carbocycles. The topological polar surface area (TPSA) is 40.5 Å². The Labute approximate surface area is 141 Å². The van der Waals surface area contributed by atoms with E-state index in [1.807, 2.05) is 65.2 Å². The number of rotatable bonds is 3. The summed E-state index contributed by atoms with van der Waals surface area (Å²) < 4.78 is 0. The molecule has 1 fully saturated rings. The predicted molar refractivity (Wildman–Crippen MR) is 95.7 cm³/mol. The van der Waals surface area contributed by atoms with E-state index in [0.717, 1.165) is 46.8 Å². The Morgan fingerprint density at radius 3 is 2.43 bits per heavy atom. The molecule has 1 aliphatic heterocycles. The number of hydrogen-bond donors (Lipinski definition) is 1. The van der Waals surface area contributed by atoms with Crippen LogP contribution in [0.4, 0.5) is 0 Å². The van der Waals surface area contributed by atoms with Crippen molar-refractivity contribution in [2.24, 2.45) is 0 Å². The third-order valence-electron chi connectivity index (χ3n) is 4.13. The number of carbonyl (C=O) groups excluding carboxylic acids is 1. The van der Waals surface area contributed by atoms with Crippen molar-refractivity contribution < 1.29 is 9.90 Å². The van der Waals surface area contributed by atoms with E-state index in [0.29, 0.717) is 0 Å². The van der Waals surface area contributed by atoms with Crippen LogP contribution >= 0.6 is 11.8 Å². The molecule has 1 saturated heterocycles. The zero-order chi connectivity index (χ0) is 16.2. The lowest BCUT2D eigenvalue weighted by molar-refractivity contribution is 0.0772. The van der Waals surface area contributed by atoms with E-state index in [2.05, 4.69) is 0 Å². The molecule has 0 saturated carbocycles. The number of amides is 1. The average molecular weight is 327 g/mol. The number of nitrogens with zero attached hydrogens (tertiary/aromatic N) is 1. The van der Waals surface area contributed by atoms with Crippen LogP contribution in [0.2, 0.25) is 0 Å². The summed E-state index contributed by atoms with van der Waals surface area (Å²) in [6.07, 6.45) is -0.479. The second-order valence-corrected chi connectivity index (χ2v) is 7.01. The molecule has 3 nitrogen and oxygen atoms in total. The van der Waals surface area contributed by atoms with Crippen LogP contribution in [0.15, 0.2) is 48.5 Å². The van der Waals surface area contributed by atoms with Gasteiger partial charge in [-0.05, 0) is 41.8 Å². The third-order valence-corrected chi connectivity index (χ3v) is 5.08. The maximum absolute atomic E-state index is 12.5. The van der Waals surface area contributed by atoms with Gasteiger partial charge in [-0.2, -0.15) is 11.8 Å². The van der Waals surface area contributed by atoms with Crippen molar-refractivity contribution in [2.45, 2.75) is 13.0 Å². The highest BCUT2D eigenvalue weighted by atomic mass is 32.2. The van der Waals surface area contributed by atoms with Crippen molar-refractivity contribution in [3.8, 4) is 11.1 Å². The fourth-order valence-corrected chi connectivity index (χ4v) is 3.64. The second kappa shape index (κ2) is 7.20. The number of aliphatic hydroxyl groups is 1. The Morgan fingerprint density at radius 2 is 1.78 bits per heavy atom. The van der Waals surface area contributed by atoms with Crippen molar-refractivity contribution >= 4 is 17.7 Å². The van der Waals surface area contributed by atoms with Crippen molar-refractivity contribution in [2.75, 3.05) is 24.6 Å². The Hall–Kier alpha value is -1.78. The molecular formula is C19H21NO2S. The molecule has 0 spiro atoms. The highest BCUT2D eigenvalue weighted by Gasteiger charge is 2.18. The van der Waals surface area contributed by atoms with Crippen LogP contribution in [0.25, 0.3) is 11.1 Å². The summed E-state index contributed by atoms with van der Waals surface area (Å²) in [7, 11) is 0. The first-order chi connectivity index (χ1) is 11.1. The summed E-state index contributed by atoms with van der Waals surface area (Å²) in [5.74, 6) is 2.17. The van der Waals surface area contributed by atoms with Gasteiger partial charge < -0.3 is 10.0 Å². The highest BCUT2D eigenvalue weighted by Crippen LogP contribution is 2.24. The summed E-state index contributed by atoms with van der Waals surface area (Å²) in [5.41, 5.74) is 3.75. The van der Waals surface area contributed by atoms with E-state index in [1.54, 1.807) is 6.92 Å². The van der Waals surface area contributed by atoms with Gasteiger partial charge in [0.1, 0.15) is 0 Å². The molecule has 1 heterocycles. The van der Waals surface area contributed by atoms with E-state index < -0.39 is 6.10 Å². The fourth-order valence-electron chi connectivity index (χ4n) is 2.73. The summed E-state index contributed by atoms with van der Waals surface area (Å²) in [5, 5.41) is 9.70. The number of hydrogen-bond acceptors (Lipinski definition) is 3. The maximum atomic E-state index is 12.5. The quantitative estimate of drug-likeness (QED) is 0.936. The molecule has 1 aliphatic rings. The molecule has 0 bridgehead atoms. The van der Waals surface area contributed by atoms with Crippen LogP contribution in [0.1, 0.15) is 28.9 Å². The highest BCUT2D eigenvalue weighted by molar-refractivity contribution is 7.99. The first kappa shape index (κ1) is 16.1. The van der Waals surface area contributed by atoms with Gasteiger partial charge >= 0.3 is 0 Å². The minimum absolute atomic E-state index is 0.120. The van der Waals surface area contributed by atoms with Gasteiger partial charge in [0.25, 0.3) is 5.91 Å².